The number of rotatable bonds is 2. The van der Waals surface area contributed by atoms with Crippen molar-refractivity contribution >= 4 is 53.3 Å². The molecule has 0 spiro atoms. The Morgan fingerprint density at radius 1 is 0.583 bits per heavy atom. The highest BCUT2D eigenvalue weighted by molar-refractivity contribution is 7.25. The van der Waals surface area contributed by atoms with Crippen LogP contribution in [0.25, 0.3) is 58.8 Å². The van der Waals surface area contributed by atoms with Crippen LogP contribution >= 0.6 is 11.3 Å². The third kappa shape index (κ3) is 2.89. The zero-order valence-electron chi connectivity index (χ0n) is 19.1. The molecule has 0 radical (unpaired) electrons. The number of para-hydroxylation sites is 1. The van der Waals surface area contributed by atoms with Crippen molar-refractivity contribution in [2.75, 3.05) is 0 Å². The van der Waals surface area contributed by atoms with Crippen molar-refractivity contribution in [3.05, 3.63) is 114 Å². The van der Waals surface area contributed by atoms with E-state index in [-0.39, 0.29) is 0 Å². The summed E-state index contributed by atoms with van der Waals surface area (Å²) in [5.41, 5.74) is 6.18. The summed E-state index contributed by atoms with van der Waals surface area (Å²) in [6, 6.07) is 39.6. The highest BCUT2D eigenvalue weighted by atomic mass is 32.1. The Hall–Kier alpha value is -4.90. The number of hydrogen-bond donors (Lipinski definition) is 0. The van der Waals surface area contributed by atoms with Crippen LogP contribution in [0.15, 0.2) is 103 Å². The van der Waals surface area contributed by atoms with Crippen molar-refractivity contribution in [3.63, 3.8) is 0 Å². The van der Waals surface area contributed by atoms with Crippen LogP contribution in [-0.2, 0) is 0 Å². The van der Waals surface area contributed by atoms with Gasteiger partial charge in [-0.2, -0.15) is 10.5 Å². The maximum absolute atomic E-state index is 10.1. The minimum absolute atomic E-state index is 0.631. The maximum Gasteiger partial charge on any atom is 0.0998 e. The molecule has 0 fully saturated rings. The first-order valence-corrected chi connectivity index (χ1v) is 12.5. The van der Waals surface area contributed by atoms with Crippen molar-refractivity contribution in [2.45, 2.75) is 0 Å². The van der Waals surface area contributed by atoms with Gasteiger partial charge in [-0.05, 0) is 60.2 Å². The standard InChI is InChI=1S/C32H17N3S/c33-18-20-12-14-28-25(16-20)23-7-1-3-9-27(23)35(28)29-10-5-6-22(19-34)32(29)21-13-15-31-26(17-21)24-8-2-4-11-30(24)36-31/h1-17H. The molecule has 2 heterocycles. The van der Waals surface area contributed by atoms with Crippen LogP contribution in [0, 0.1) is 22.7 Å². The first kappa shape index (κ1) is 20.5. The molecule has 7 rings (SSSR count). The largest absolute Gasteiger partial charge is 0.309 e. The van der Waals surface area contributed by atoms with Crippen LogP contribution in [0.1, 0.15) is 11.1 Å². The fraction of sp³-hybridized carbons (Fsp3) is 0. The Labute approximate surface area is 211 Å². The van der Waals surface area contributed by atoms with E-state index < -0.39 is 0 Å². The predicted molar refractivity (Wildman–Crippen MR) is 149 cm³/mol. The Morgan fingerprint density at radius 2 is 1.36 bits per heavy atom. The highest BCUT2D eigenvalue weighted by Crippen LogP contribution is 2.41. The SMILES string of the molecule is N#Cc1ccc2c(c1)c1ccccc1n2-c1cccc(C#N)c1-c1ccc2sc3ccccc3c2c1. The summed E-state index contributed by atoms with van der Waals surface area (Å²) in [7, 11) is 0. The third-order valence-electron chi connectivity index (χ3n) is 6.87. The predicted octanol–water partition coefficient (Wildman–Crippen LogP) is 8.56. The van der Waals surface area contributed by atoms with Crippen molar-refractivity contribution < 1.29 is 0 Å². The normalized spacial score (nSPS) is 11.3. The van der Waals surface area contributed by atoms with E-state index in [1.54, 1.807) is 11.3 Å². The lowest BCUT2D eigenvalue weighted by Gasteiger charge is -2.15. The van der Waals surface area contributed by atoms with Crippen molar-refractivity contribution in [3.8, 4) is 29.0 Å². The smallest absolute Gasteiger partial charge is 0.0998 e. The van der Waals surface area contributed by atoms with Crippen molar-refractivity contribution in [2.24, 2.45) is 0 Å². The molecule has 0 aliphatic heterocycles. The highest BCUT2D eigenvalue weighted by Gasteiger charge is 2.19. The first-order valence-electron chi connectivity index (χ1n) is 11.7. The van der Waals surface area contributed by atoms with Gasteiger partial charge in [0.1, 0.15) is 0 Å². The van der Waals surface area contributed by atoms with Crippen LogP contribution in [0.4, 0.5) is 0 Å². The number of fused-ring (bicyclic) bond motifs is 6. The molecule has 0 saturated heterocycles. The molecule has 0 atom stereocenters. The van der Waals surface area contributed by atoms with E-state index in [0.29, 0.717) is 11.1 Å². The molecule has 4 heteroatoms. The molecule has 36 heavy (non-hydrogen) atoms. The Morgan fingerprint density at radius 3 is 2.22 bits per heavy atom. The molecule has 166 valence electrons. The number of benzene rings is 5. The van der Waals surface area contributed by atoms with Crippen LogP contribution in [0.2, 0.25) is 0 Å². The Bertz CT molecular complexity index is 2080. The first-order chi connectivity index (χ1) is 17.8. The number of nitriles is 2. The molecule has 0 aliphatic rings. The van der Waals surface area contributed by atoms with Crippen LogP contribution < -0.4 is 0 Å². The Kier molecular flexibility index (Phi) is 4.45. The molecule has 0 amide bonds. The number of thiophene rings is 1. The van der Waals surface area contributed by atoms with E-state index in [9.17, 15) is 10.5 Å². The summed E-state index contributed by atoms with van der Waals surface area (Å²) in [5.74, 6) is 0. The van der Waals surface area contributed by atoms with Gasteiger partial charge >= 0.3 is 0 Å². The Balaban J connectivity index is 1.59. The molecule has 0 aliphatic carbocycles. The zero-order valence-corrected chi connectivity index (χ0v) is 19.9. The molecule has 0 saturated carbocycles. The molecular weight excluding hydrogens is 458 g/mol. The van der Waals surface area contributed by atoms with Gasteiger partial charge in [-0.25, -0.2) is 0 Å². The van der Waals surface area contributed by atoms with Gasteiger partial charge in [-0.15, -0.1) is 11.3 Å². The lowest BCUT2D eigenvalue weighted by molar-refractivity contribution is 1.18. The molecule has 5 aromatic carbocycles. The molecule has 0 bridgehead atoms. The van der Waals surface area contributed by atoms with E-state index >= 15 is 0 Å². The zero-order chi connectivity index (χ0) is 24.2. The average molecular weight is 476 g/mol. The van der Waals surface area contributed by atoms with E-state index in [1.165, 1.54) is 20.2 Å². The quantitative estimate of drug-likeness (QED) is 0.251. The summed E-state index contributed by atoms with van der Waals surface area (Å²) >= 11 is 1.79. The molecule has 3 nitrogen and oxygen atoms in total. The summed E-state index contributed by atoms with van der Waals surface area (Å²) in [4.78, 5) is 0. The fourth-order valence-electron chi connectivity index (χ4n) is 5.31. The second-order valence-corrected chi connectivity index (χ2v) is 9.90. The van der Waals surface area contributed by atoms with Gasteiger partial charge in [-0.1, -0.05) is 48.5 Å². The number of hydrogen-bond acceptors (Lipinski definition) is 3. The molecular formula is C32H17N3S. The van der Waals surface area contributed by atoms with Crippen LogP contribution in [0.5, 0.6) is 0 Å². The maximum atomic E-state index is 10.1. The van der Waals surface area contributed by atoms with E-state index in [2.05, 4.69) is 77.4 Å². The van der Waals surface area contributed by atoms with Crippen LogP contribution in [0.3, 0.4) is 0 Å². The van der Waals surface area contributed by atoms with Gasteiger partial charge in [0.15, 0.2) is 0 Å². The van der Waals surface area contributed by atoms with Gasteiger partial charge in [-0.3, -0.25) is 0 Å². The van der Waals surface area contributed by atoms with Gasteiger partial charge in [0.05, 0.1) is 40.0 Å². The minimum Gasteiger partial charge on any atom is -0.309 e. The summed E-state index contributed by atoms with van der Waals surface area (Å²) in [6.07, 6.45) is 0. The summed E-state index contributed by atoms with van der Waals surface area (Å²) in [5, 5.41) is 24.2. The van der Waals surface area contributed by atoms with Crippen LogP contribution in [-0.4, -0.2) is 4.57 Å². The molecule has 7 aromatic rings. The second kappa shape index (κ2) is 7.82. The van der Waals surface area contributed by atoms with Gasteiger partial charge in [0.25, 0.3) is 0 Å². The molecule has 2 aromatic heterocycles. The van der Waals surface area contributed by atoms with E-state index in [0.717, 1.165) is 38.6 Å². The molecule has 0 unspecified atom stereocenters. The lowest BCUT2D eigenvalue weighted by Crippen LogP contribution is -1.99. The monoisotopic (exact) mass is 475 g/mol. The van der Waals surface area contributed by atoms with Gasteiger partial charge < -0.3 is 4.57 Å². The average Bonchev–Trinajstić information content (AvgIpc) is 3.47. The fourth-order valence-corrected chi connectivity index (χ4v) is 6.39. The van der Waals surface area contributed by atoms with E-state index in [1.807, 2.05) is 42.5 Å². The lowest BCUT2D eigenvalue weighted by atomic mass is 9.96. The topological polar surface area (TPSA) is 52.5 Å². The minimum atomic E-state index is 0.631. The van der Waals surface area contributed by atoms with Gasteiger partial charge in [0, 0.05) is 36.5 Å². The van der Waals surface area contributed by atoms with E-state index in [4.69, 9.17) is 0 Å². The summed E-state index contributed by atoms with van der Waals surface area (Å²) in [6.45, 7) is 0. The number of aromatic nitrogens is 1. The van der Waals surface area contributed by atoms with Gasteiger partial charge in [0.2, 0.25) is 0 Å². The molecule has 0 N–H and O–H groups in total. The summed E-state index contributed by atoms with van der Waals surface area (Å²) < 4.78 is 4.71. The van der Waals surface area contributed by atoms with Crippen molar-refractivity contribution in [1.29, 1.82) is 10.5 Å². The van der Waals surface area contributed by atoms with Crippen molar-refractivity contribution in [1.82, 2.24) is 4.57 Å². The second-order valence-electron chi connectivity index (χ2n) is 8.82. The third-order valence-corrected chi connectivity index (χ3v) is 8.02. The number of nitrogens with zero attached hydrogens (tertiary/aromatic N) is 3.